The Balaban J connectivity index is 1.58. The van der Waals surface area contributed by atoms with Crippen molar-refractivity contribution in [1.82, 2.24) is 19.7 Å². The molecular formula is C21H25N5O2. The Labute approximate surface area is 164 Å². The van der Waals surface area contributed by atoms with Crippen LogP contribution in [-0.2, 0) is 18.4 Å². The van der Waals surface area contributed by atoms with Crippen LogP contribution in [0.5, 0.6) is 0 Å². The van der Waals surface area contributed by atoms with E-state index >= 15 is 0 Å². The van der Waals surface area contributed by atoms with Gasteiger partial charge in [0, 0.05) is 30.1 Å². The number of piperidine rings is 1. The Bertz CT molecular complexity index is 1010. The lowest BCUT2D eigenvalue weighted by molar-refractivity contribution is -0.121. The van der Waals surface area contributed by atoms with Gasteiger partial charge >= 0.3 is 0 Å². The SMILES string of the molecule is CN1CCC(C(=O)Nc2cc3cc(-c4cnn(C)c4CO)ccc3cn2)CC1. The summed E-state index contributed by atoms with van der Waals surface area (Å²) in [6.07, 6.45) is 5.30. The van der Waals surface area contributed by atoms with Gasteiger partial charge in [0.2, 0.25) is 5.91 Å². The predicted octanol–water partition coefficient (Wildman–Crippen LogP) is 2.41. The summed E-state index contributed by atoms with van der Waals surface area (Å²) in [7, 11) is 3.90. The summed E-state index contributed by atoms with van der Waals surface area (Å²) in [5, 5.41) is 18.8. The molecule has 0 aliphatic carbocycles. The topological polar surface area (TPSA) is 83.3 Å². The second-order valence-electron chi connectivity index (χ2n) is 7.48. The fourth-order valence-electron chi connectivity index (χ4n) is 3.77. The van der Waals surface area contributed by atoms with E-state index in [1.165, 1.54) is 0 Å². The van der Waals surface area contributed by atoms with Gasteiger partial charge in [-0.25, -0.2) is 4.98 Å². The Morgan fingerprint density at radius 3 is 2.71 bits per heavy atom. The van der Waals surface area contributed by atoms with Gasteiger partial charge in [0.1, 0.15) is 5.82 Å². The number of nitrogens with one attached hydrogen (secondary N) is 1. The van der Waals surface area contributed by atoms with E-state index in [0.717, 1.165) is 53.5 Å². The van der Waals surface area contributed by atoms with Gasteiger partial charge in [-0.1, -0.05) is 12.1 Å². The molecule has 0 atom stereocenters. The van der Waals surface area contributed by atoms with Crippen LogP contribution in [0.1, 0.15) is 18.5 Å². The van der Waals surface area contributed by atoms with Crippen molar-refractivity contribution in [2.24, 2.45) is 13.0 Å². The molecule has 146 valence electrons. The molecule has 0 saturated carbocycles. The number of carbonyl (C=O) groups excluding carboxylic acids is 1. The molecule has 0 spiro atoms. The molecule has 28 heavy (non-hydrogen) atoms. The van der Waals surface area contributed by atoms with E-state index in [2.05, 4.69) is 27.3 Å². The summed E-state index contributed by atoms with van der Waals surface area (Å²) in [4.78, 5) is 19.2. The lowest BCUT2D eigenvalue weighted by Crippen LogP contribution is -2.36. The van der Waals surface area contributed by atoms with Crippen LogP contribution in [0.2, 0.25) is 0 Å². The molecule has 1 amide bonds. The lowest BCUT2D eigenvalue weighted by atomic mass is 9.96. The molecule has 0 unspecified atom stereocenters. The maximum Gasteiger partial charge on any atom is 0.228 e. The minimum absolute atomic E-state index is 0.0440. The van der Waals surface area contributed by atoms with Crippen molar-refractivity contribution in [2.45, 2.75) is 19.4 Å². The van der Waals surface area contributed by atoms with E-state index in [9.17, 15) is 9.90 Å². The molecule has 7 heteroatoms. The number of likely N-dealkylation sites (tertiary alicyclic amines) is 1. The third-order valence-corrected chi connectivity index (χ3v) is 5.58. The minimum Gasteiger partial charge on any atom is -0.390 e. The number of benzene rings is 1. The highest BCUT2D eigenvalue weighted by atomic mass is 16.3. The Morgan fingerprint density at radius 2 is 1.96 bits per heavy atom. The zero-order chi connectivity index (χ0) is 19.7. The van der Waals surface area contributed by atoms with Crippen LogP contribution < -0.4 is 5.32 Å². The number of hydrogen-bond donors (Lipinski definition) is 2. The van der Waals surface area contributed by atoms with Gasteiger partial charge in [-0.05, 0) is 56.1 Å². The second kappa shape index (κ2) is 7.69. The Hall–Kier alpha value is -2.77. The molecule has 1 aliphatic rings. The van der Waals surface area contributed by atoms with Crippen LogP contribution in [0.3, 0.4) is 0 Å². The van der Waals surface area contributed by atoms with Crippen LogP contribution >= 0.6 is 0 Å². The van der Waals surface area contributed by atoms with Gasteiger partial charge in [-0.15, -0.1) is 0 Å². The summed E-state index contributed by atoms with van der Waals surface area (Å²) in [6.45, 7) is 1.83. The monoisotopic (exact) mass is 379 g/mol. The predicted molar refractivity (Wildman–Crippen MR) is 109 cm³/mol. The van der Waals surface area contributed by atoms with Gasteiger partial charge in [0.25, 0.3) is 0 Å². The first-order chi connectivity index (χ1) is 13.5. The lowest BCUT2D eigenvalue weighted by Gasteiger charge is -2.27. The van der Waals surface area contributed by atoms with Crippen molar-refractivity contribution in [3.63, 3.8) is 0 Å². The molecule has 2 aromatic heterocycles. The summed E-state index contributed by atoms with van der Waals surface area (Å²) in [5.74, 6) is 0.663. The molecule has 1 fully saturated rings. The third-order valence-electron chi connectivity index (χ3n) is 5.58. The first kappa shape index (κ1) is 18.6. The molecule has 7 nitrogen and oxygen atoms in total. The summed E-state index contributed by atoms with van der Waals surface area (Å²) in [6, 6.07) is 7.93. The first-order valence-corrected chi connectivity index (χ1v) is 9.56. The van der Waals surface area contributed by atoms with Gasteiger partial charge in [0.05, 0.1) is 18.5 Å². The maximum absolute atomic E-state index is 12.6. The molecular weight excluding hydrogens is 354 g/mol. The zero-order valence-electron chi connectivity index (χ0n) is 16.2. The van der Waals surface area contributed by atoms with Crippen molar-refractivity contribution >= 4 is 22.5 Å². The number of hydrogen-bond acceptors (Lipinski definition) is 5. The number of pyridine rings is 1. The minimum atomic E-state index is -0.0713. The average Bonchev–Trinajstić information content (AvgIpc) is 3.08. The molecule has 1 saturated heterocycles. The molecule has 1 aromatic carbocycles. The van der Waals surface area contributed by atoms with E-state index in [4.69, 9.17) is 0 Å². The smallest absolute Gasteiger partial charge is 0.228 e. The van der Waals surface area contributed by atoms with Crippen molar-refractivity contribution in [3.05, 3.63) is 42.4 Å². The van der Waals surface area contributed by atoms with Crippen molar-refractivity contribution in [1.29, 1.82) is 0 Å². The van der Waals surface area contributed by atoms with Crippen molar-refractivity contribution in [2.75, 3.05) is 25.5 Å². The number of aliphatic hydroxyl groups excluding tert-OH is 1. The summed E-state index contributed by atoms with van der Waals surface area (Å²) < 4.78 is 1.68. The molecule has 1 aliphatic heterocycles. The summed E-state index contributed by atoms with van der Waals surface area (Å²) in [5.41, 5.74) is 2.65. The molecule has 3 aromatic rings. The fourth-order valence-corrected chi connectivity index (χ4v) is 3.77. The number of aryl methyl sites for hydroxylation is 1. The number of nitrogens with zero attached hydrogens (tertiary/aromatic N) is 4. The standard InChI is InChI=1S/C21H25N5O2/c1-25-7-5-14(6-8-25)21(28)24-20-10-17-9-15(3-4-16(17)11-22-20)18-12-23-26(2)19(18)13-27/h3-4,9-12,14,27H,5-8,13H2,1-2H3,(H,22,24,28). The third kappa shape index (κ3) is 3.63. The van der Waals surface area contributed by atoms with E-state index in [0.29, 0.717) is 5.82 Å². The first-order valence-electron chi connectivity index (χ1n) is 9.56. The van der Waals surface area contributed by atoms with Crippen molar-refractivity contribution in [3.8, 4) is 11.1 Å². The molecule has 0 radical (unpaired) electrons. The summed E-state index contributed by atoms with van der Waals surface area (Å²) >= 11 is 0. The fraction of sp³-hybridized carbons (Fsp3) is 0.381. The van der Waals surface area contributed by atoms with Crippen LogP contribution in [-0.4, -0.2) is 50.8 Å². The van der Waals surface area contributed by atoms with Gasteiger partial charge in [-0.3, -0.25) is 9.48 Å². The average molecular weight is 379 g/mol. The number of aliphatic hydroxyl groups is 1. The molecule has 2 N–H and O–H groups in total. The zero-order valence-corrected chi connectivity index (χ0v) is 16.2. The van der Waals surface area contributed by atoms with Crippen LogP contribution in [0.15, 0.2) is 36.7 Å². The van der Waals surface area contributed by atoms with Crippen LogP contribution in [0.25, 0.3) is 21.9 Å². The second-order valence-corrected chi connectivity index (χ2v) is 7.48. The number of amides is 1. The number of aromatic nitrogens is 3. The van der Waals surface area contributed by atoms with E-state index in [-0.39, 0.29) is 18.4 Å². The number of fused-ring (bicyclic) bond motifs is 1. The number of carbonyl (C=O) groups is 1. The molecule has 3 heterocycles. The van der Waals surface area contributed by atoms with Crippen LogP contribution in [0.4, 0.5) is 5.82 Å². The quantitative estimate of drug-likeness (QED) is 0.727. The molecule has 4 rings (SSSR count). The Kier molecular flexibility index (Phi) is 5.11. The van der Waals surface area contributed by atoms with E-state index in [1.54, 1.807) is 17.1 Å². The van der Waals surface area contributed by atoms with E-state index < -0.39 is 0 Å². The highest BCUT2D eigenvalue weighted by Crippen LogP contribution is 2.28. The van der Waals surface area contributed by atoms with Gasteiger partial charge in [-0.2, -0.15) is 5.10 Å². The van der Waals surface area contributed by atoms with Gasteiger partial charge in [0.15, 0.2) is 0 Å². The number of anilines is 1. The highest BCUT2D eigenvalue weighted by Gasteiger charge is 2.23. The van der Waals surface area contributed by atoms with Crippen molar-refractivity contribution < 1.29 is 9.90 Å². The highest BCUT2D eigenvalue weighted by molar-refractivity contribution is 5.95. The van der Waals surface area contributed by atoms with Crippen LogP contribution in [0, 0.1) is 5.92 Å². The molecule has 0 bridgehead atoms. The van der Waals surface area contributed by atoms with E-state index in [1.807, 2.05) is 31.3 Å². The normalized spacial score (nSPS) is 15.8. The van der Waals surface area contributed by atoms with Gasteiger partial charge < -0.3 is 15.3 Å². The maximum atomic E-state index is 12.6. The Morgan fingerprint density at radius 1 is 1.18 bits per heavy atom. The largest absolute Gasteiger partial charge is 0.390 e. The number of rotatable bonds is 4.